The predicted octanol–water partition coefficient (Wildman–Crippen LogP) is 6.65. The molecule has 0 saturated carbocycles. The summed E-state index contributed by atoms with van der Waals surface area (Å²) in [5.41, 5.74) is 1.81. The Hall–Kier alpha value is -1.07. The third kappa shape index (κ3) is 7.82. The van der Waals surface area contributed by atoms with E-state index in [1.165, 1.54) is 23.6 Å². The van der Waals surface area contributed by atoms with Crippen LogP contribution in [0.5, 0.6) is 0 Å². The minimum Gasteiger partial charge on any atom is -0.266 e. The normalized spacial score (nSPS) is 13.6. The van der Waals surface area contributed by atoms with Gasteiger partial charge in [0, 0.05) is 10.7 Å². The lowest BCUT2D eigenvalue weighted by atomic mass is 9.95. The largest absolute Gasteiger partial charge is 0.266 e. The summed E-state index contributed by atoms with van der Waals surface area (Å²) >= 11 is 3.38. The van der Waals surface area contributed by atoms with Crippen molar-refractivity contribution in [3.05, 3.63) is 53.2 Å². The van der Waals surface area contributed by atoms with Crippen molar-refractivity contribution in [2.24, 2.45) is 11.8 Å². The Kier molecular flexibility index (Phi) is 10.4. The summed E-state index contributed by atoms with van der Waals surface area (Å²) in [6, 6.07) is 6.99. The zero-order valence-corrected chi connectivity index (χ0v) is 19.5. The minimum absolute atomic E-state index is 0.259. The highest BCUT2D eigenvalue weighted by Gasteiger charge is 2.25. The SMILES string of the molecule is C=CCN(/C(=C\Br)CCC(C)CCCC(C)C)S(=O)(=O)c1ccc(C)cc1. The van der Waals surface area contributed by atoms with Crippen LogP contribution in [-0.4, -0.2) is 19.3 Å². The first-order valence-corrected chi connectivity index (χ1v) is 12.1. The molecule has 5 heteroatoms. The molecule has 0 amide bonds. The molecule has 0 spiro atoms. The second kappa shape index (κ2) is 11.7. The molecule has 1 aromatic rings. The van der Waals surface area contributed by atoms with Crippen LogP contribution in [0.2, 0.25) is 0 Å². The van der Waals surface area contributed by atoms with E-state index in [4.69, 9.17) is 0 Å². The lowest BCUT2D eigenvalue weighted by molar-refractivity contribution is 0.418. The van der Waals surface area contributed by atoms with Gasteiger partial charge in [-0.2, -0.15) is 0 Å². The molecule has 0 N–H and O–H groups in total. The average Bonchev–Trinajstić information content (AvgIpc) is 2.61. The number of aryl methyl sites for hydroxylation is 1. The monoisotopic (exact) mass is 455 g/mol. The van der Waals surface area contributed by atoms with Crippen LogP contribution < -0.4 is 0 Å². The molecule has 3 nitrogen and oxygen atoms in total. The highest BCUT2D eigenvalue weighted by molar-refractivity contribution is 9.11. The zero-order valence-electron chi connectivity index (χ0n) is 17.1. The van der Waals surface area contributed by atoms with Gasteiger partial charge in [0.15, 0.2) is 0 Å². The van der Waals surface area contributed by atoms with Gasteiger partial charge < -0.3 is 0 Å². The van der Waals surface area contributed by atoms with Crippen LogP contribution in [0, 0.1) is 18.8 Å². The van der Waals surface area contributed by atoms with Gasteiger partial charge in [-0.3, -0.25) is 4.31 Å². The standard InChI is InChI=1S/C22H34BrNO2S/c1-6-16-24(27(25,26)22-14-11-20(5)12-15-22)21(17-23)13-10-19(4)9-7-8-18(2)3/h6,11-12,14-15,17-19H,1,7-10,13,16H2,2-5H3/b21-17-. The molecule has 1 unspecified atom stereocenters. The third-order valence-electron chi connectivity index (χ3n) is 4.72. The van der Waals surface area contributed by atoms with E-state index in [1.54, 1.807) is 23.2 Å². The number of allylic oxidation sites excluding steroid dienone is 1. The van der Waals surface area contributed by atoms with Crippen molar-refractivity contribution in [3.63, 3.8) is 0 Å². The molecule has 1 atom stereocenters. The maximum atomic E-state index is 13.1. The lowest BCUT2D eigenvalue weighted by Crippen LogP contribution is -2.30. The number of sulfonamides is 1. The summed E-state index contributed by atoms with van der Waals surface area (Å²) in [6.45, 7) is 12.7. The summed E-state index contributed by atoms with van der Waals surface area (Å²) in [7, 11) is -3.60. The number of benzene rings is 1. The summed E-state index contributed by atoms with van der Waals surface area (Å²) in [6.07, 6.45) is 6.97. The van der Waals surface area contributed by atoms with Gasteiger partial charge >= 0.3 is 0 Å². The Labute approximate surface area is 174 Å². The average molecular weight is 456 g/mol. The Morgan fingerprint density at radius 3 is 2.30 bits per heavy atom. The van der Waals surface area contributed by atoms with E-state index in [0.717, 1.165) is 23.6 Å². The van der Waals surface area contributed by atoms with Gasteiger partial charge in [-0.1, -0.05) is 79.7 Å². The fourth-order valence-corrected chi connectivity index (χ4v) is 5.07. The van der Waals surface area contributed by atoms with E-state index in [2.05, 4.69) is 43.3 Å². The van der Waals surface area contributed by atoms with Gasteiger partial charge in [0.2, 0.25) is 0 Å². The molecule has 0 saturated heterocycles. The van der Waals surface area contributed by atoms with E-state index in [-0.39, 0.29) is 6.54 Å². The van der Waals surface area contributed by atoms with Crippen LogP contribution in [0.25, 0.3) is 0 Å². The van der Waals surface area contributed by atoms with Crippen molar-refractivity contribution in [2.45, 2.75) is 64.7 Å². The second-order valence-corrected chi connectivity index (χ2v) is 10.0. The molecule has 27 heavy (non-hydrogen) atoms. The van der Waals surface area contributed by atoms with Gasteiger partial charge in [-0.15, -0.1) is 6.58 Å². The highest BCUT2D eigenvalue weighted by Crippen LogP contribution is 2.27. The van der Waals surface area contributed by atoms with Gasteiger partial charge in [-0.05, 0) is 43.7 Å². The molecule has 1 rings (SSSR count). The zero-order chi connectivity index (χ0) is 20.4. The number of hydrogen-bond acceptors (Lipinski definition) is 2. The molecule has 0 fully saturated rings. The smallest absolute Gasteiger partial charge is 0.264 e. The third-order valence-corrected chi connectivity index (χ3v) is 7.08. The topological polar surface area (TPSA) is 37.4 Å². The maximum Gasteiger partial charge on any atom is 0.264 e. The fraction of sp³-hybridized carbons (Fsp3) is 0.545. The van der Waals surface area contributed by atoms with Crippen molar-refractivity contribution in [1.82, 2.24) is 4.31 Å². The second-order valence-electron chi connectivity index (χ2n) is 7.71. The Bertz CT molecular complexity index is 708. The van der Waals surface area contributed by atoms with Gasteiger partial charge in [0.25, 0.3) is 10.0 Å². The number of halogens is 1. The van der Waals surface area contributed by atoms with E-state index in [9.17, 15) is 8.42 Å². The van der Waals surface area contributed by atoms with Crippen molar-refractivity contribution in [2.75, 3.05) is 6.54 Å². The van der Waals surface area contributed by atoms with Crippen LogP contribution in [0.4, 0.5) is 0 Å². The lowest BCUT2D eigenvalue weighted by Gasteiger charge is -2.26. The van der Waals surface area contributed by atoms with Crippen LogP contribution >= 0.6 is 15.9 Å². The molecular formula is C22H34BrNO2S. The van der Waals surface area contributed by atoms with E-state index < -0.39 is 10.0 Å². The molecule has 0 heterocycles. The van der Waals surface area contributed by atoms with Gasteiger partial charge in [0.1, 0.15) is 0 Å². The highest BCUT2D eigenvalue weighted by atomic mass is 79.9. The molecular weight excluding hydrogens is 422 g/mol. The Balaban J connectivity index is 2.86. The van der Waals surface area contributed by atoms with Crippen molar-refractivity contribution in [3.8, 4) is 0 Å². The quantitative estimate of drug-likeness (QED) is 0.330. The number of nitrogens with zero attached hydrogens (tertiary/aromatic N) is 1. The van der Waals surface area contributed by atoms with Crippen LogP contribution in [0.1, 0.15) is 58.4 Å². The van der Waals surface area contributed by atoms with Crippen molar-refractivity contribution in [1.29, 1.82) is 0 Å². The van der Waals surface area contributed by atoms with E-state index in [0.29, 0.717) is 17.2 Å². The summed E-state index contributed by atoms with van der Waals surface area (Å²) in [4.78, 5) is 2.05. The Morgan fingerprint density at radius 1 is 1.15 bits per heavy atom. The van der Waals surface area contributed by atoms with E-state index >= 15 is 0 Å². The number of rotatable bonds is 12. The summed E-state index contributed by atoms with van der Waals surface area (Å²) in [5.74, 6) is 1.30. The van der Waals surface area contributed by atoms with E-state index in [1.807, 2.05) is 19.1 Å². The first-order chi connectivity index (χ1) is 12.7. The fourth-order valence-electron chi connectivity index (χ4n) is 2.97. The molecule has 0 bridgehead atoms. The molecule has 0 aliphatic rings. The van der Waals surface area contributed by atoms with Crippen molar-refractivity contribution < 1.29 is 8.42 Å². The molecule has 0 aliphatic carbocycles. The predicted molar refractivity (Wildman–Crippen MR) is 119 cm³/mol. The first-order valence-electron chi connectivity index (χ1n) is 9.71. The summed E-state index contributed by atoms with van der Waals surface area (Å²) in [5, 5.41) is 0. The summed E-state index contributed by atoms with van der Waals surface area (Å²) < 4.78 is 27.7. The molecule has 152 valence electrons. The number of hydrogen-bond donors (Lipinski definition) is 0. The molecule has 0 aromatic heterocycles. The molecule has 0 radical (unpaired) electrons. The minimum atomic E-state index is -3.60. The van der Waals surface area contributed by atoms with Crippen LogP contribution in [0.15, 0.2) is 52.5 Å². The van der Waals surface area contributed by atoms with Crippen LogP contribution in [0.3, 0.4) is 0 Å². The molecule has 1 aromatic carbocycles. The van der Waals surface area contributed by atoms with Gasteiger partial charge in [0.05, 0.1) is 11.4 Å². The van der Waals surface area contributed by atoms with Crippen LogP contribution in [-0.2, 0) is 10.0 Å². The first kappa shape index (κ1) is 24.0. The van der Waals surface area contributed by atoms with Gasteiger partial charge in [-0.25, -0.2) is 8.42 Å². The van der Waals surface area contributed by atoms with Crippen molar-refractivity contribution >= 4 is 26.0 Å². The molecule has 0 aliphatic heterocycles. The Morgan fingerprint density at radius 2 is 1.78 bits per heavy atom. The maximum absolute atomic E-state index is 13.1.